The average Bonchev–Trinajstić information content (AvgIpc) is 3.27. The van der Waals surface area contributed by atoms with Crippen LogP contribution in [0.25, 0.3) is 10.2 Å². The monoisotopic (exact) mass is 492 g/mol. The van der Waals surface area contributed by atoms with Gasteiger partial charge in [0.2, 0.25) is 0 Å². The normalized spacial score (nSPS) is 16.0. The summed E-state index contributed by atoms with van der Waals surface area (Å²) in [5, 5.41) is 10.4. The number of para-hydroxylation sites is 1. The Morgan fingerprint density at radius 3 is 2.52 bits per heavy atom. The molecular weight excluding hydrogens is 470 g/mol. The minimum atomic E-state index is -3.63. The standard InChI is InChI=1S/C23H22F2N2O4S2/c24-20(25)8-9-23(29)10-12-27(13-11-23)22(28)17-6-4-16(5-7-17)14-33(30,31)19-3-1-2-18-21(19)26-15-32-18/h1-8,15,29H,9-14H2. The number of fused-ring (bicyclic) bond motifs is 1. The molecule has 2 heterocycles. The van der Waals surface area contributed by atoms with Gasteiger partial charge in [-0.3, -0.25) is 4.79 Å². The first kappa shape index (κ1) is 23.5. The average molecular weight is 493 g/mol. The highest BCUT2D eigenvalue weighted by Gasteiger charge is 2.33. The van der Waals surface area contributed by atoms with Crippen molar-refractivity contribution in [3.63, 3.8) is 0 Å². The molecule has 33 heavy (non-hydrogen) atoms. The lowest BCUT2D eigenvalue weighted by atomic mass is 9.88. The lowest BCUT2D eigenvalue weighted by Crippen LogP contribution is -2.46. The number of carbonyl (C=O) groups is 1. The van der Waals surface area contributed by atoms with Crippen molar-refractivity contribution in [1.29, 1.82) is 0 Å². The van der Waals surface area contributed by atoms with Gasteiger partial charge in [-0.15, -0.1) is 11.3 Å². The summed E-state index contributed by atoms with van der Waals surface area (Å²) in [4.78, 5) is 18.7. The molecule has 0 spiro atoms. The van der Waals surface area contributed by atoms with Crippen LogP contribution >= 0.6 is 11.3 Å². The van der Waals surface area contributed by atoms with E-state index >= 15 is 0 Å². The fraction of sp³-hybridized carbons (Fsp3) is 0.304. The number of aromatic nitrogens is 1. The van der Waals surface area contributed by atoms with E-state index in [4.69, 9.17) is 0 Å². The number of rotatable bonds is 6. The second kappa shape index (κ2) is 9.28. The summed E-state index contributed by atoms with van der Waals surface area (Å²) < 4.78 is 51.3. The first-order valence-electron chi connectivity index (χ1n) is 10.3. The van der Waals surface area contributed by atoms with Gasteiger partial charge in [0.25, 0.3) is 12.0 Å². The summed E-state index contributed by atoms with van der Waals surface area (Å²) in [6.45, 7) is 0.510. The molecule has 0 bridgehead atoms. The molecule has 1 aromatic heterocycles. The number of likely N-dealkylation sites (tertiary alicyclic amines) is 1. The van der Waals surface area contributed by atoms with E-state index in [1.54, 1.807) is 46.8 Å². The van der Waals surface area contributed by atoms with Crippen LogP contribution in [-0.4, -0.2) is 48.0 Å². The van der Waals surface area contributed by atoms with E-state index in [9.17, 15) is 27.1 Å². The van der Waals surface area contributed by atoms with E-state index in [-0.39, 0.29) is 48.9 Å². The first-order chi connectivity index (χ1) is 15.7. The van der Waals surface area contributed by atoms with E-state index in [1.165, 1.54) is 11.3 Å². The third kappa shape index (κ3) is 5.29. The third-order valence-corrected chi connectivity index (χ3v) is 8.34. The van der Waals surface area contributed by atoms with Crippen LogP contribution in [0.15, 0.2) is 65.0 Å². The zero-order chi connectivity index (χ0) is 23.6. The van der Waals surface area contributed by atoms with E-state index < -0.39 is 21.5 Å². The van der Waals surface area contributed by atoms with Gasteiger partial charge < -0.3 is 10.0 Å². The topological polar surface area (TPSA) is 87.6 Å². The molecule has 0 atom stereocenters. The number of carbonyl (C=O) groups excluding carboxylic acids is 1. The maximum absolute atomic E-state index is 13.0. The summed E-state index contributed by atoms with van der Waals surface area (Å²) in [7, 11) is -3.63. The van der Waals surface area contributed by atoms with Gasteiger partial charge in [0.15, 0.2) is 9.84 Å². The molecule has 3 aromatic rings. The summed E-state index contributed by atoms with van der Waals surface area (Å²) >= 11 is 1.38. The van der Waals surface area contributed by atoms with E-state index in [0.29, 0.717) is 22.7 Å². The molecule has 0 saturated carbocycles. The van der Waals surface area contributed by atoms with Crippen LogP contribution in [0, 0.1) is 0 Å². The smallest absolute Gasteiger partial charge is 0.266 e. The maximum atomic E-state index is 13.0. The first-order valence-corrected chi connectivity index (χ1v) is 12.9. The highest BCUT2D eigenvalue weighted by molar-refractivity contribution is 7.90. The van der Waals surface area contributed by atoms with Crippen molar-refractivity contribution in [2.75, 3.05) is 13.1 Å². The van der Waals surface area contributed by atoms with Gasteiger partial charge in [-0.1, -0.05) is 18.2 Å². The van der Waals surface area contributed by atoms with Gasteiger partial charge in [-0.05, 0) is 55.2 Å². The summed E-state index contributed by atoms with van der Waals surface area (Å²) in [5.41, 5.74) is 1.79. The molecule has 1 aliphatic heterocycles. The molecular formula is C23H22F2N2O4S2. The van der Waals surface area contributed by atoms with Crippen LogP contribution in [0.4, 0.5) is 8.78 Å². The number of hydrogen-bond donors (Lipinski definition) is 1. The summed E-state index contributed by atoms with van der Waals surface area (Å²) in [6.07, 6.45) is -0.844. The number of nitrogens with zero attached hydrogens (tertiary/aromatic N) is 2. The maximum Gasteiger partial charge on any atom is 0.266 e. The van der Waals surface area contributed by atoms with Crippen LogP contribution in [0.3, 0.4) is 0 Å². The Morgan fingerprint density at radius 2 is 1.85 bits per heavy atom. The summed E-state index contributed by atoms with van der Waals surface area (Å²) in [6, 6.07) is 11.5. The molecule has 1 saturated heterocycles. The van der Waals surface area contributed by atoms with Crippen molar-refractivity contribution in [3.8, 4) is 0 Å². The number of thiazole rings is 1. The van der Waals surface area contributed by atoms with Crippen molar-refractivity contribution in [2.45, 2.75) is 35.5 Å². The van der Waals surface area contributed by atoms with Gasteiger partial charge in [-0.2, -0.15) is 8.78 Å². The minimum Gasteiger partial charge on any atom is -0.389 e. The Morgan fingerprint density at radius 1 is 1.15 bits per heavy atom. The molecule has 4 rings (SSSR count). The molecule has 1 N–H and O–H groups in total. The van der Waals surface area contributed by atoms with Crippen LogP contribution in [0.1, 0.15) is 35.2 Å². The Labute approximate surface area is 194 Å². The molecule has 0 radical (unpaired) electrons. The van der Waals surface area contributed by atoms with Crippen LogP contribution < -0.4 is 0 Å². The Bertz CT molecular complexity index is 1290. The lowest BCUT2D eigenvalue weighted by molar-refractivity contribution is -0.0149. The third-order valence-electron chi connectivity index (χ3n) is 5.83. The molecule has 6 nitrogen and oxygen atoms in total. The minimum absolute atomic E-state index is 0.144. The zero-order valence-electron chi connectivity index (χ0n) is 17.6. The Hall–Kier alpha value is -2.69. The predicted molar refractivity (Wildman–Crippen MR) is 122 cm³/mol. The van der Waals surface area contributed by atoms with Gasteiger partial charge in [0.05, 0.1) is 32.0 Å². The Kier molecular flexibility index (Phi) is 6.60. The second-order valence-corrected chi connectivity index (χ2v) is 11.0. The van der Waals surface area contributed by atoms with Gasteiger partial charge >= 0.3 is 0 Å². The number of hydrogen-bond acceptors (Lipinski definition) is 6. The lowest BCUT2D eigenvalue weighted by Gasteiger charge is -2.37. The number of benzene rings is 2. The number of aliphatic hydroxyl groups is 1. The van der Waals surface area contributed by atoms with Crippen molar-refractivity contribution >= 4 is 37.3 Å². The highest BCUT2D eigenvalue weighted by Crippen LogP contribution is 2.29. The molecule has 1 amide bonds. The second-order valence-electron chi connectivity index (χ2n) is 8.13. The van der Waals surface area contributed by atoms with Crippen molar-refractivity contribution in [2.24, 2.45) is 0 Å². The van der Waals surface area contributed by atoms with E-state index in [1.807, 2.05) is 6.07 Å². The van der Waals surface area contributed by atoms with Crippen LogP contribution in [0.5, 0.6) is 0 Å². The summed E-state index contributed by atoms with van der Waals surface area (Å²) in [5.74, 6) is -0.459. The van der Waals surface area contributed by atoms with Crippen molar-refractivity contribution in [1.82, 2.24) is 9.88 Å². The molecule has 1 fully saturated rings. The molecule has 2 aromatic carbocycles. The molecule has 1 aliphatic rings. The van der Waals surface area contributed by atoms with Gasteiger partial charge in [-0.25, -0.2) is 13.4 Å². The van der Waals surface area contributed by atoms with Crippen molar-refractivity contribution < 1.29 is 27.1 Å². The van der Waals surface area contributed by atoms with E-state index in [2.05, 4.69) is 4.98 Å². The van der Waals surface area contributed by atoms with Crippen LogP contribution in [0.2, 0.25) is 0 Å². The quantitative estimate of drug-likeness (QED) is 0.551. The van der Waals surface area contributed by atoms with E-state index in [0.717, 1.165) is 4.70 Å². The number of sulfone groups is 1. The molecule has 10 heteroatoms. The largest absolute Gasteiger partial charge is 0.389 e. The fourth-order valence-electron chi connectivity index (χ4n) is 3.93. The SMILES string of the molecule is O=C(c1ccc(CS(=O)(=O)c2cccc3scnc23)cc1)N1CCC(O)(CC=C(F)F)CC1. The zero-order valence-corrected chi connectivity index (χ0v) is 19.2. The van der Waals surface area contributed by atoms with Gasteiger partial charge in [0.1, 0.15) is 0 Å². The number of halogens is 2. The predicted octanol–water partition coefficient (Wildman–Crippen LogP) is 4.41. The molecule has 174 valence electrons. The van der Waals surface area contributed by atoms with Gasteiger partial charge in [0, 0.05) is 18.7 Å². The fourth-order valence-corrected chi connectivity index (χ4v) is 6.23. The van der Waals surface area contributed by atoms with Crippen molar-refractivity contribution in [3.05, 3.63) is 71.3 Å². The molecule has 0 unspecified atom stereocenters. The highest BCUT2D eigenvalue weighted by atomic mass is 32.2. The van der Waals surface area contributed by atoms with Crippen LogP contribution in [-0.2, 0) is 15.6 Å². The molecule has 0 aliphatic carbocycles. The number of piperidine rings is 1. The Balaban J connectivity index is 1.42. The number of amides is 1.